The molecule has 0 aromatic carbocycles. The smallest absolute Gasteiger partial charge is 0.305 e. The Bertz CT molecular complexity index is 366. The van der Waals surface area contributed by atoms with Gasteiger partial charge in [0, 0.05) is 6.42 Å². The highest BCUT2D eigenvalue weighted by atomic mass is 16.5. The quantitative estimate of drug-likeness (QED) is 0.156. The van der Waals surface area contributed by atoms with Crippen molar-refractivity contribution >= 4 is 5.97 Å². The molecule has 0 unspecified atom stereocenters. The van der Waals surface area contributed by atoms with Crippen LogP contribution in [0.1, 0.15) is 96.8 Å². The summed E-state index contributed by atoms with van der Waals surface area (Å²) in [4.78, 5) is 11.0. The van der Waals surface area contributed by atoms with E-state index in [1.165, 1.54) is 58.5 Å². The predicted octanol–water partition coefficient (Wildman–Crippen LogP) is 7.31. The molecule has 0 aromatic rings. The van der Waals surface area contributed by atoms with Crippen LogP contribution in [0.3, 0.4) is 0 Å². The first-order valence-electron chi connectivity index (χ1n) is 10.3. The molecule has 0 spiro atoms. The summed E-state index contributed by atoms with van der Waals surface area (Å²) < 4.78 is 4.63. The number of hydrogen-bond acceptors (Lipinski definition) is 2. The fraction of sp³-hybridized carbons (Fsp3) is 0.696. The first kappa shape index (κ1) is 23.7. The number of methoxy groups -OCH3 is 1. The van der Waals surface area contributed by atoms with E-state index in [0.29, 0.717) is 6.42 Å². The van der Waals surface area contributed by atoms with Crippen molar-refractivity contribution < 1.29 is 9.53 Å². The first-order valence-corrected chi connectivity index (χ1v) is 10.3. The molecule has 0 saturated heterocycles. The van der Waals surface area contributed by atoms with Gasteiger partial charge in [0.25, 0.3) is 0 Å². The number of rotatable bonds is 17. The Balaban J connectivity index is 3.30. The molecule has 0 radical (unpaired) electrons. The van der Waals surface area contributed by atoms with E-state index in [-0.39, 0.29) is 5.97 Å². The van der Waals surface area contributed by atoms with Crippen LogP contribution in [0.4, 0.5) is 0 Å². The minimum absolute atomic E-state index is 0.0894. The standard InChI is InChI=1S/C23H40O2/c1-3-4-5-6-7-8-9-10-11-12-13-14-15-16-17-18-19-20-21-22-23(24)25-2/h9-10,12-13,15-16H,3-8,11,14,17-22H2,1-2H3/b10-9+,13-12+,16-15+. The normalized spacial score (nSPS) is 11.9. The summed E-state index contributed by atoms with van der Waals surface area (Å²) in [6.07, 6.45) is 30.0. The Kier molecular flexibility index (Phi) is 19.6. The Labute approximate surface area is 156 Å². The van der Waals surface area contributed by atoms with Crippen molar-refractivity contribution in [2.45, 2.75) is 96.8 Å². The zero-order chi connectivity index (χ0) is 18.4. The van der Waals surface area contributed by atoms with E-state index in [0.717, 1.165) is 32.1 Å². The molecule has 0 bridgehead atoms. The topological polar surface area (TPSA) is 26.3 Å². The zero-order valence-electron chi connectivity index (χ0n) is 16.7. The van der Waals surface area contributed by atoms with Crippen molar-refractivity contribution in [1.29, 1.82) is 0 Å². The van der Waals surface area contributed by atoms with Crippen LogP contribution < -0.4 is 0 Å². The fourth-order valence-corrected chi connectivity index (χ4v) is 2.63. The number of hydrogen-bond donors (Lipinski definition) is 0. The van der Waals surface area contributed by atoms with E-state index in [1.807, 2.05) is 0 Å². The SMILES string of the molecule is CCCCCCC/C=C/C/C=C/C/C=C/CCCCCCC(=O)OC. The van der Waals surface area contributed by atoms with Crippen LogP contribution in [0.2, 0.25) is 0 Å². The van der Waals surface area contributed by atoms with E-state index in [1.54, 1.807) is 0 Å². The largest absolute Gasteiger partial charge is 0.469 e. The molecular weight excluding hydrogens is 308 g/mol. The first-order chi connectivity index (χ1) is 12.3. The Hall–Kier alpha value is -1.31. The molecule has 2 heteroatoms. The maximum absolute atomic E-state index is 11.0. The second kappa shape index (κ2) is 20.7. The lowest BCUT2D eigenvalue weighted by molar-refractivity contribution is -0.140. The van der Waals surface area contributed by atoms with E-state index >= 15 is 0 Å². The van der Waals surface area contributed by atoms with Crippen LogP contribution in [0.25, 0.3) is 0 Å². The van der Waals surface area contributed by atoms with Crippen LogP contribution in [0.5, 0.6) is 0 Å². The molecule has 0 aliphatic carbocycles. The fourth-order valence-electron chi connectivity index (χ4n) is 2.63. The number of carbonyl (C=O) groups excluding carboxylic acids is 1. The molecule has 0 aliphatic heterocycles. The summed E-state index contributed by atoms with van der Waals surface area (Å²) >= 11 is 0. The summed E-state index contributed by atoms with van der Waals surface area (Å²) in [5.74, 6) is -0.0894. The summed E-state index contributed by atoms with van der Waals surface area (Å²) in [6.45, 7) is 2.26. The number of esters is 1. The highest BCUT2D eigenvalue weighted by Gasteiger charge is 1.98. The van der Waals surface area contributed by atoms with Crippen molar-refractivity contribution in [1.82, 2.24) is 0 Å². The van der Waals surface area contributed by atoms with Crippen molar-refractivity contribution in [3.8, 4) is 0 Å². The van der Waals surface area contributed by atoms with Gasteiger partial charge in [-0.15, -0.1) is 0 Å². The molecule has 0 heterocycles. The Morgan fingerprint density at radius 3 is 1.68 bits per heavy atom. The van der Waals surface area contributed by atoms with Crippen LogP contribution in [0.15, 0.2) is 36.5 Å². The molecule has 0 atom stereocenters. The van der Waals surface area contributed by atoms with Gasteiger partial charge in [-0.25, -0.2) is 0 Å². The van der Waals surface area contributed by atoms with Crippen LogP contribution in [0, 0.1) is 0 Å². The van der Waals surface area contributed by atoms with Gasteiger partial charge in [-0.05, 0) is 44.9 Å². The molecular formula is C23H40O2. The molecule has 0 aromatic heterocycles. The lowest BCUT2D eigenvalue weighted by Crippen LogP contribution is -1.98. The summed E-state index contributed by atoms with van der Waals surface area (Å²) in [6, 6.07) is 0. The third-order valence-corrected chi connectivity index (χ3v) is 4.25. The molecule has 0 amide bonds. The van der Waals surface area contributed by atoms with Crippen LogP contribution >= 0.6 is 0 Å². The third-order valence-electron chi connectivity index (χ3n) is 4.25. The zero-order valence-corrected chi connectivity index (χ0v) is 16.7. The van der Waals surface area contributed by atoms with E-state index in [2.05, 4.69) is 48.1 Å². The van der Waals surface area contributed by atoms with Gasteiger partial charge in [0.05, 0.1) is 7.11 Å². The van der Waals surface area contributed by atoms with Gasteiger partial charge in [0.1, 0.15) is 0 Å². The lowest BCUT2D eigenvalue weighted by Gasteiger charge is -1.99. The molecule has 0 saturated carbocycles. The maximum Gasteiger partial charge on any atom is 0.305 e. The average molecular weight is 349 g/mol. The molecule has 25 heavy (non-hydrogen) atoms. The molecule has 144 valence electrons. The number of carbonyl (C=O) groups is 1. The van der Waals surface area contributed by atoms with E-state index in [9.17, 15) is 4.79 Å². The van der Waals surface area contributed by atoms with Crippen molar-refractivity contribution in [2.75, 3.05) is 7.11 Å². The lowest BCUT2D eigenvalue weighted by atomic mass is 10.1. The van der Waals surface area contributed by atoms with Gasteiger partial charge in [-0.1, -0.05) is 81.9 Å². The third kappa shape index (κ3) is 20.6. The number of allylic oxidation sites excluding steroid dienone is 6. The minimum Gasteiger partial charge on any atom is -0.469 e. The van der Waals surface area contributed by atoms with Gasteiger partial charge in [0.2, 0.25) is 0 Å². The number of ether oxygens (including phenoxy) is 1. The molecule has 0 rings (SSSR count). The van der Waals surface area contributed by atoms with E-state index < -0.39 is 0 Å². The highest BCUT2D eigenvalue weighted by Crippen LogP contribution is 2.07. The second-order valence-corrected chi connectivity index (χ2v) is 6.62. The van der Waals surface area contributed by atoms with Crippen molar-refractivity contribution in [2.24, 2.45) is 0 Å². The summed E-state index contributed by atoms with van der Waals surface area (Å²) in [7, 11) is 1.45. The monoisotopic (exact) mass is 348 g/mol. The van der Waals surface area contributed by atoms with Gasteiger partial charge < -0.3 is 4.74 Å². The highest BCUT2D eigenvalue weighted by molar-refractivity contribution is 5.68. The Morgan fingerprint density at radius 2 is 1.16 bits per heavy atom. The average Bonchev–Trinajstić information content (AvgIpc) is 2.63. The van der Waals surface area contributed by atoms with E-state index in [4.69, 9.17) is 0 Å². The predicted molar refractivity (Wildman–Crippen MR) is 110 cm³/mol. The second-order valence-electron chi connectivity index (χ2n) is 6.62. The van der Waals surface area contributed by atoms with Crippen molar-refractivity contribution in [3.05, 3.63) is 36.5 Å². The summed E-state index contributed by atoms with van der Waals surface area (Å²) in [5, 5.41) is 0. The molecule has 2 nitrogen and oxygen atoms in total. The minimum atomic E-state index is -0.0894. The van der Waals surface area contributed by atoms with Crippen LogP contribution in [-0.4, -0.2) is 13.1 Å². The molecule has 0 fully saturated rings. The summed E-state index contributed by atoms with van der Waals surface area (Å²) in [5.41, 5.74) is 0. The molecule has 0 N–H and O–H groups in total. The molecule has 0 aliphatic rings. The Morgan fingerprint density at radius 1 is 0.680 bits per heavy atom. The van der Waals surface area contributed by atoms with Gasteiger partial charge >= 0.3 is 5.97 Å². The number of unbranched alkanes of at least 4 members (excludes halogenated alkanes) is 9. The van der Waals surface area contributed by atoms with Crippen LogP contribution in [-0.2, 0) is 9.53 Å². The maximum atomic E-state index is 11.0. The van der Waals surface area contributed by atoms with Gasteiger partial charge in [0.15, 0.2) is 0 Å². The van der Waals surface area contributed by atoms with Crippen molar-refractivity contribution in [3.63, 3.8) is 0 Å². The van der Waals surface area contributed by atoms with Gasteiger partial charge in [-0.3, -0.25) is 4.79 Å². The van der Waals surface area contributed by atoms with Gasteiger partial charge in [-0.2, -0.15) is 0 Å².